The van der Waals surface area contributed by atoms with Gasteiger partial charge in [-0.1, -0.05) is 79.9 Å². The number of ether oxygens (including phenoxy) is 1. The Morgan fingerprint density at radius 1 is 0.943 bits per heavy atom. The van der Waals surface area contributed by atoms with Gasteiger partial charge >= 0.3 is 5.97 Å². The zero-order valence-electron chi connectivity index (χ0n) is 19.9. The zero-order chi connectivity index (χ0) is 24.7. The van der Waals surface area contributed by atoms with E-state index >= 15 is 0 Å². The Balaban J connectivity index is 1.45. The van der Waals surface area contributed by atoms with Gasteiger partial charge in [0.05, 0.1) is 5.75 Å². The molecule has 0 spiro atoms. The predicted molar refractivity (Wildman–Crippen MR) is 138 cm³/mol. The Hall–Kier alpha value is -2.74. The largest absolute Gasteiger partial charge is 0.424 e. The van der Waals surface area contributed by atoms with Crippen LogP contribution < -0.4 is 9.46 Å². The summed E-state index contributed by atoms with van der Waals surface area (Å²) in [6, 6.07) is 21.1. The van der Waals surface area contributed by atoms with Crippen LogP contribution in [0, 0.1) is 5.92 Å². The van der Waals surface area contributed by atoms with Crippen molar-refractivity contribution in [2.45, 2.75) is 44.4 Å². The van der Waals surface area contributed by atoms with E-state index in [2.05, 4.69) is 4.72 Å². The first-order chi connectivity index (χ1) is 17.0. The van der Waals surface area contributed by atoms with Crippen LogP contribution in [-0.4, -0.2) is 38.4 Å². The minimum atomic E-state index is -3.48. The molecule has 7 heteroatoms. The molecule has 1 saturated carbocycles. The summed E-state index contributed by atoms with van der Waals surface area (Å²) in [7, 11) is -3.48. The number of hydrogen-bond donors (Lipinski definition) is 2. The average molecular weight is 496 g/mol. The second-order valence-electron chi connectivity index (χ2n) is 9.24. The summed E-state index contributed by atoms with van der Waals surface area (Å²) in [6.07, 6.45) is 6.22. The van der Waals surface area contributed by atoms with Gasteiger partial charge in [-0.3, -0.25) is 0 Å². The first-order valence-electron chi connectivity index (χ1n) is 12.3. The topological polar surface area (TPSA) is 92.7 Å². The molecule has 1 aliphatic rings. The maximum absolute atomic E-state index is 13.1. The molecular formula is C28H33NO5S. The molecule has 3 aromatic rings. The fourth-order valence-corrected chi connectivity index (χ4v) is 6.65. The molecule has 1 unspecified atom stereocenters. The Bertz CT molecular complexity index is 1240. The molecule has 4 rings (SSSR count). The van der Waals surface area contributed by atoms with Crippen LogP contribution in [0.2, 0.25) is 0 Å². The first kappa shape index (κ1) is 25.4. The lowest BCUT2D eigenvalue weighted by molar-refractivity contribution is -0.137. The summed E-state index contributed by atoms with van der Waals surface area (Å²) >= 11 is 0. The van der Waals surface area contributed by atoms with E-state index in [4.69, 9.17) is 9.84 Å². The van der Waals surface area contributed by atoms with Gasteiger partial charge in [0, 0.05) is 17.8 Å². The molecule has 1 aliphatic carbocycles. The minimum absolute atomic E-state index is 0.00433. The van der Waals surface area contributed by atoms with Crippen LogP contribution in [0.1, 0.15) is 49.1 Å². The van der Waals surface area contributed by atoms with Gasteiger partial charge in [-0.2, -0.15) is 0 Å². The average Bonchev–Trinajstić information content (AvgIpc) is 2.88. The Morgan fingerprint density at radius 3 is 2.40 bits per heavy atom. The molecule has 0 saturated heterocycles. The molecule has 0 amide bonds. The van der Waals surface area contributed by atoms with E-state index in [0.717, 1.165) is 47.6 Å². The molecule has 0 radical (unpaired) electrons. The van der Waals surface area contributed by atoms with Crippen molar-refractivity contribution in [1.29, 1.82) is 0 Å². The van der Waals surface area contributed by atoms with Crippen molar-refractivity contribution in [3.63, 3.8) is 0 Å². The molecule has 1 atom stereocenters. The van der Waals surface area contributed by atoms with Crippen molar-refractivity contribution in [2.24, 2.45) is 5.92 Å². The van der Waals surface area contributed by atoms with Gasteiger partial charge in [-0.05, 0) is 47.8 Å². The highest BCUT2D eigenvalue weighted by molar-refractivity contribution is 7.89. The molecule has 0 bridgehead atoms. The van der Waals surface area contributed by atoms with Crippen LogP contribution in [0.15, 0.2) is 66.7 Å². The summed E-state index contributed by atoms with van der Waals surface area (Å²) < 4.78 is 34.3. The number of aliphatic hydroxyl groups excluding tert-OH is 1. The van der Waals surface area contributed by atoms with Crippen molar-refractivity contribution in [3.8, 4) is 5.75 Å². The van der Waals surface area contributed by atoms with Crippen molar-refractivity contribution in [2.75, 3.05) is 18.9 Å². The van der Waals surface area contributed by atoms with Gasteiger partial charge < -0.3 is 9.84 Å². The molecule has 0 aromatic heterocycles. The lowest BCUT2D eigenvalue weighted by Gasteiger charge is -2.30. The van der Waals surface area contributed by atoms with Crippen LogP contribution in [-0.2, 0) is 21.2 Å². The highest BCUT2D eigenvalue weighted by Crippen LogP contribution is 2.37. The summed E-state index contributed by atoms with van der Waals surface area (Å²) in [5, 5.41) is 10.6. The molecule has 0 heterocycles. The normalized spacial score (nSPS) is 15.7. The van der Waals surface area contributed by atoms with Gasteiger partial charge in [-0.25, -0.2) is 17.9 Å². The van der Waals surface area contributed by atoms with Crippen molar-refractivity contribution >= 4 is 26.8 Å². The third kappa shape index (κ3) is 6.69. The molecule has 35 heavy (non-hydrogen) atoms. The van der Waals surface area contributed by atoms with Crippen molar-refractivity contribution < 1.29 is 23.1 Å². The quantitative estimate of drug-likeness (QED) is 0.318. The lowest BCUT2D eigenvalue weighted by atomic mass is 9.78. The van der Waals surface area contributed by atoms with E-state index in [1.54, 1.807) is 12.1 Å². The Kier molecular flexibility index (Phi) is 8.55. The number of rotatable bonds is 10. The fraction of sp³-hybridized carbons (Fsp3) is 0.393. The second kappa shape index (κ2) is 11.8. The first-order valence-corrected chi connectivity index (χ1v) is 14.0. The standard InChI is InChI=1S/C28H33NO5S/c30-19-28(31)34-27-16-8-14-24-23(13-7-15-25(24)27)17-18-29-35(32,33)20-26(21-9-3-1-4-10-21)22-11-5-2-6-12-22/h1,3-4,7-10,13-16,22,26,29-30H,2,5-6,11-12,17-20H2. The summed E-state index contributed by atoms with van der Waals surface area (Å²) in [5.41, 5.74) is 2.06. The number of nitrogens with one attached hydrogen (secondary N) is 1. The number of benzene rings is 3. The number of carbonyl (C=O) groups excluding carboxylic acids is 1. The lowest BCUT2D eigenvalue weighted by Crippen LogP contribution is -2.33. The summed E-state index contributed by atoms with van der Waals surface area (Å²) in [4.78, 5) is 11.5. The van der Waals surface area contributed by atoms with Crippen LogP contribution >= 0.6 is 0 Å². The monoisotopic (exact) mass is 495 g/mol. The van der Waals surface area contributed by atoms with Gasteiger partial charge in [0.25, 0.3) is 0 Å². The molecule has 1 fully saturated rings. The SMILES string of the molecule is O=C(CO)Oc1cccc2c(CCNS(=O)(=O)CC(c3ccccc3)C3CCCCC3)cccc12. The summed E-state index contributed by atoms with van der Waals surface area (Å²) in [6.45, 7) is -0.406. The zero-order valence-corrected chi connectivity index (χ0v) is 20.7. The fourth-order valence-electron chi connectivity index (χ4n) is 5.19. The van der Waals surface area contributed by atoms with Gasteiger partial charge in [0.2, 0.25) is 10.0 Å². The van der Waals surface area contributed by atoms with E-state index in [0.29, 0.717) is 18.1 Å². The minimum Gasteiger partial charge on any atom is -0.424 e. The third-order valence-electron chi connectivity index (χ3n) is 6.89. The molecule has 0 aliphatic heterocycles. The van der Waals surface area contributed by atoms with E-state index in [1.165, 1.54) is 6.42 Å². The smallest absolute Gasteiger partial charge is 0.337 e. The number of aliphatic hydroxyl groups is 1. The van der Waals surface area contributed by atoms with Crippen LogP contribution in [0.3, 0.4) is 0 Å². The predicted octanol–water partition coefficient (Wildman–Crippen LogP) is 4.56. The van der Waals surface area contributed by atoms with Crippen LogP contribution in [0.5, 0.6) is 5.75 Å². The third-order valence-corrected chi connectivity index (χ3v) is 8.33. The second-order valence-corrected chi connectivity index (χ2v) is 11.1. The van der Waals surface area contributed by atoms with Gasteiger partial charge in [0.15, 0.2) is 0 Å². The number of carbonyl (C=O) groups is 1. The van der Waals surface area contributed by atoms with E-state index in [-0.39, 0.29) is 18.2 Å². The number of fused-ring (bicyclic) bond motifs is 1. The maximum atomic E-state index is 13.1. The number of hydrogen-bond acceptors (Lipinski definition) is 5. The highest BCUT2D eigenvalue weighted by Gasteiger charge is 2.29. The van der Waals surface area contributed by atoms with Crippen molar-refractivity contribution in [3.05, 3.63) is 77.9 Å². The Morgan fingerprint density at radius 2 is 1.66 bits per heavy atom. The van der Waals surface area contributed by atoms with Crippen molar-refractivity contribution in [1.82, 2.24) is 4.72 Å². The molecule has 2 N–H and O–H groups in total. The van der Waals surface area contributed by atoms with Crippen LogP contribution in [0.25, 0.3) is 10.8 Å². The maximum Gasteiger partial charge on any atom is 0.337 e. The number of sulfonamides is 1. The van der Waals surface area contributed by atoms with Gasteiger partial charge in [0.1, 0.15) is 12.4 Å². The van der Waals surface area contributed by atoms with Crippen LogP contribution in [0.4, 0.5) is 0 Å². The molecule has 6 nitrogen and oxygen atoms in total. The Labute approximate surface area is 207 Å². The molecule has 186 valence electrons. The van der Waals surface area contributed by atoms with E-state index in [1.807, 2.05) is 54.6 Å². The van der Waals surface area contributed by atoms with Gasteiger partial charge in [-0.15, -0.1) is 0 Å². The molecule has 3 aromatic carbocycles. The van der Waals surface area contributed by atoms with E-state index < -0.39 is 22.6 Å². The highest BCUT2D eigenvalue weighted by atomic mass is 32.2. The van der Waals surface area contributed by atoms with E-state index in [9.17, 15) is 13.2 Å². The molecular weight excluding hydrogens is 462 g/mol. The number of esters is 1. The summed E-state index contributed by atoms with van der Waals surface area (Å²) in [5.74, 6) is 0.137.